The second-order valence-corrected chi connectivity index (χ2v) is 5.14. The van der Waals surface area contributed by atoms with Gasteiger partial charge in [0.25, 0.3) is 5.91 Å². The van der Waals surface area contributed by atoms with Gasteiger partial charge in [0.15, 0.2) is 0 Å². The van der Waals surface area contributed by atoms with Crippen LogP contribution in [0.1, 0.15) is 34.5 Å². The van der Waals surface area contributed by atoms with Crippen molar-refractivity contribution in [2.24, 2.45) is 7.05 Å². The second-order valence-electron chi connectivity index (χ2n) is 5.14. The number of hydrogen-bond acceptors (Lipinski definition) is 3. The van der Waals surface area contributed by atoms with Gasteiger partial charge in [-0.15, -0.1) is 0 Å². The van der Waals surface area contributed by atoms with Gasteiger partial charge in [0.05, 0.1) is 12.0 Å². The van der Waals surface area contributed by atoms with Crippen LogP contribution in [0.4, 0.5) is 0 Å². The van der Waals surface area contributed by atoms with E-state index in [9.17, 15) is 4.79 Å². The molecule has 1 N–H and O–H groups in total. The lowest BCUT2D eigenvalue weighted by atomic mass is 10.1. The average Bonchev–Trinajstić information content (AvgIpc) is 2.68. The molecule has 0 radical (unpaired) electrons. The Balaban J connectivity index is 2.01. The molecule has 5 nitrogen and oxygen atoms in total. The molecule has 2 aromatic rings. The van der Waals surface area contributed by atoms with Crippen LogP contribution in [0.25, 0.3) is 0 Å². The van der Waals surface area contributed by atoms with Crippen LogP contribution in [0.5, 0.6) is 0 Å². The van der Waals surface area contributed by atoms with Gasteiger partial charge in [-0.2, -0.15) is 0 Å². The molecule has 0 aliphatic carbocycles. The number of amides is 1. The summed E-state index contributed by atoms with van der Waals surface area (Å²) in [5, 5.41) is 2.99. The maximum absolute atomic E-state index is 12.2. The normalized spacial score (nSPS) is 12.2. The fourth-order valence-corrected chi connectivity index (χ4v) is 2.24. The number of aryl methyl sites for hydroxylation is 3. The van der Waals surface area contributed by atoms with Gasteiger partial charge in [0.1, 0.15) is 5.69 Å². The van der Waals surface area contributed by atoms with Gasteiger partial charge >= 0.3 is 0 Å². The molecule has 2 rings (SSSR count). The van der Waals surface area contributed by atoms with Crippen molar-refractivity contribution in [2.45, 2.75) is 33.2 Å². The molecule has 0 saturated heterocycles. The van der Waals surface area contributed by atoms with Crippen LogP contribution >= 0.6 is 0 Å². The molecule has 0 fully saturated rings. The average molecular weight is 272 g/mol. The van der Waals surface area contributed by atoms with Gasteiger partial charge in [0.2, 0.25) is 0 Å². The summed E-state index contributed by atoms with van der Waals surface area (Å²) in [7, 11) is 1.82. The summed E-state index contributed by atoms with van der Waals surface area (Å²) in [6.45, 7) is 5.78. The van der Waals surface area contributed by atoms with Gasteiger partial charge in [-0.05, 0) is 32.9 Å². The molecule has 0 bridgehead atoms. The molecular weight excluding hydrogens is 252 g/mol. The first kappa shape index (κ1) is 14.2. The summed E-state index contributed by atoms with van der Waals surface area (Å²) in [6.07, 6.45) is 2.36. The van der Waals surface area contributed by atoms with Crippen LogP contribution < -0.4 is 5.32 Å². The van der Waals surface area contributed by atoms with Crippen LogP contribution in [0.2, 0.25) is 0 Å². The lowest BCUT2D eigenvalue weighted by Crippen LogP contribution is -2.35. The number of hydrogen-bond donors (Lipinski definition) is 1. The van der Waals surface area contributed by atoms with Crippen LogP contribution in [0.15, 0.2) is 24.5 Å². The monoisotopic (exact) mass is 272 g/mol. The standard InChI is InChI=1S/C15H20N4O/c1-10-6-5-7-13(17-10)8-11(2)18-15(20)14-12(3)16-9-19(14)4/h5-7,9,11H,8H2,1-4H3,(H,18,20). The quantitative estimate of drug-likeness (QED) is 0.923. The molecule has 0 aliphatic heterocycles. The Hall–Kier alpha value is -2.17. The summed E-state index contributed by atoms with van der Waals surface area (Å²) >= 11 is 0. The van der Waals surface area contributed by atoms with Crippen molar-refractivity contribution in [1.29, 1.82) is 0 Å². The number of aromatic nitrogens is 3. The number of nitrogens with zero attached hydrogens (tertiary/aromatic N) is 3. The lowest BCUT2D eigenvalue weighted by Gasteiger charge is -2.14. The minimum absolute atomic E-state index is 0.0195. The Morgan fingerprint density at radius 2 is 2.15 bits per heavy atom. The first-order valence-electron chi connectivity index (χ1n) is 6.68. The Morgan fingerprint density at radius 1 is 1.40 bits per heavy atom. The van der Waals surface area contributed by atoms with Gasteiger partial charge < -0.3 is 9.88 Å². The first-order chi connectivity index (χ1) is 9.47. The van der Waals surface area contributed by atoms with Crippen LogP contribution in [0.3, 0.4) is 0 Å². The lowest BCUT2D eigenvalue weighted by molar-refractivity contribution is 0.0931. The van der Waals surface area contributed by atoms with E-state index in [1.165, 1.54) is 0 Å². The third-order valence-electron chi connectivity index (χ3n) is 3.17. The summed E-state index contributed by atoms with van der Waals surface area (Å²) < 4.78 is 1.74. The topological polar surface area (TPSA) is 59.8 Å². The fourth-order valence-electron chi connectivity index (χ4n) is 2.24. The molecule has 2 aromatic heterocycles. The van der Waals surface area contributed by atoms with Crippen molar-refractivity contribution in [3.63, 3.8) is 0 Å². The number of imidazole rings is 1. The van der Waals surface area contributed by atoms with E-state index in [0.717, 1.165) is 17.1 Å². The van der Waals surface area contributed by atoms with E-state index in [2.05, 4.69) is 15.3 Å². The van der Waals surface area contributed by atoms with E-state index in [0.29, 0.717) is 12.1 Å². The molecule has 0 saturated carbocycles. The van der Waals surface area contributed by atoms with Gasteiger partial charge in [-0.1, -0.05) is 6.07 Å². The largest absolute Gasteiger partial charge is 0.348 e. The highest BCUT2D eigenvalue weighted by molar-refractivity contribution is 5.93. The van der Waals surface area contributed by atoms with Crippen LogP contribution in [-0.4, -0.2) is 26.5 Å². The molecule has 1 unspecified atom stereocenters. The predicted octanol–water partition coefficient (Wildman–Crippen LogP) is 1.79. The van der Waals surface area contributed by atoms with E-state index in [1.807, 2.05) is 46.0 Å². The summed E-state index contributed by atoms with van der Waals surface area (Å²) in [5.41, 5.74) is 3.32. The zero-order chi connectivity index (χ0) is 14.7. The molecule has 2 heterocycles. The van der Waals surface area contributed by atoms with E-state index >= 15 is 0 Å². The van der Waals surface area contributed by atoms with Crippen molar-refractivity contribution in [2.75, 3.05) is 0 Å². The Bertz CT molecular complexity index is 599. The molecular formula is C15H20N4O. The maximum Gasteiger partial charge on any atom is 0.270 e. The van der Waals surface area contributed by atoms with Crippen molar-refractivity contribution in [3.05, 3.63) is 47.3 Å². The molecule has 20 heavy (non-hydrogen) atoms. The van der Waals surface area contributed by atoms with Crippen molar-refractivity contribution in [1.82, 2.24) is 19.9 Å². The number of pyridine rings is 1. The highest BCUT2D eigenvalue weighted by Gasteiger charge is 2.16. The highest BCUT2D eigenvalue weighted by Crippen LogP contribution is 2.06. The summed E-state index contributed by atoms with van der Waals surface area (Å²) in [4.78, 5) is 20.8. The van der Waals surface area contributed by atoms with Gasteiger partial charge in [-0.25, -0.2) is 4.98 Å². The predicted molar refractivity (Wildman–Crippen MR) is 77.6 cm³/mol. The Labute approximate surface area is 119 Å². The van der Waals surface area contributed by atoms with E-state index in [1.54, 1.807) is 10.9 Å². The smallest absolute Gasteiger partial charge is 0.270 e. The Kier molecular flexibility index (Phi) is 4.17. The number of rotatable bonds is 4. The number of nitrogens with one attached hydrogen (secondary N) is 1. The van der Waals surface area contributed by atoms with Gasteiger partial charge in [0, 0.05) is 30.9 Å². The van der Waals surface area contributed by atoms with Gasteiger partial charge in [-0.3, -0.25) is 9.78 Å². The van der Waals surface area contributed by atoms with Crippen molar-refractivity contribution < 1.29 is 4.79 Å². The van der Waals surface area contributed by atoms with E-state index in [4.69, 9.17) is 0 Å². The van der Waals surface area contributed by atoms with Crippen molar-refractivity contribution in [3.8, 4) is 0 Å². The molecule has 1 atom stereocenters. The molecule has 1 amide bonds. The SMILES string of the molecule is Cc1cccc(CC(C)NC(=O)c2c(C)ncn2C)n1. The zero-order valence-electron chi connectivity index (χ0n) is 12.3. The molecule has 0 spiro atoms. The molecule has 5 heteroatoms. The maximum atomic E-state index is 12.2. The zero-order valence-corrected chi connectivity index (χ0v) is 12.3. The molecule has 0 aliphatic rings. The summed E-state index contributed by atoms with van der Waals surface area (Å²) in [6, 6.07) is 5.94. The number of carbonyl (C=O) groups is 1. The second kappa shape index (κ2) is 5.86. The highest BCUT2D eigenvalue weighted by atomic mass is 16.2. The minimum atomic E-state index is -0.0948. The third kappa shape index (κ3) is 3.23. The van der Waals surface area contributed by atoms with Crippen LogP contribution in [0, 0.1) is 13.8 Å². The van der Waals surface area contributed by atoms with Crippen LogP contribution in [-0.2, 0) is 13.5 Å². The van der Waals surface area contributed by atoms with E-state index in [-0.39, 0.29) is 11.9 Å². The summed E-state index contributed by atoms with van der Waals surface area (Å²) in [5.74, 6) is -0.0948. The first-order valence-corrected chi connectivity index (χ1v) is 6.68. The Morgan fingerprint density at radius 3 is 2.75 bits per heavy atom. The number of carbonyl (C=O) groups excluding carboxylic acids is 1. The minimum Gasteiger partial charge on any atom is -0.348 e. The van der Waals surface area contributed by atoms with Crippen molar-refractivity contribution >= 4 is 5.91 Å². The molecule has 0 aromatic carbocycles. The third-order valence-corrected chi connectivity index (χ3v) is 3.17. The molecule has 106 valence electrons. The fraction of sp³-hybridized carbons (Fsp3) is 0.400. The van der Waals surface area contributed by atoms with E-state index < -0.39 is 0 Å².